The minimum atomic E-state index is 0.174. The Balaban J connectivity index is 1.89. The third kappa shape index (κ3) is 8.97. The quantitative estimate of drug-likeness (QED) is 0.603. The summed E-state index contributed by atoms with van der Waals surface area (Å²) < 4.78 is 5.30. The molecule has 1 heterocycles. The van der Waals surface area contributed by atoms with Crippen molar-refractivity contribution < 1.29 is 9.53 Å². The number of nitrogens with zero attached hydrogens (tertiary/aromatic N) is 1. The van der Waals surface area contributed by atoms with E-state index in [1.807, 2.05) is 0 Å². The maximum absolute atomic E-state index is 11.6. The Labute approximate surface area is 117 Å². The molecule has 5 nitrogen and oxygen atoms in total. The highest BCUT2D eigenvalue weighted by Gasteiger charge is 2.09. The Hall–Kier alpha value is -0.650. The highest BCUT2D eigenvalue weighted by atomic mass is 16.5. The second-order valence-electron chi connectivity index (χ2n) is 5.37. The molecule has 0 aliphatic carbocycles. The lowest BCUT2D eigenvalue weighted by Gasteiger charge is -2.26. The van der Waals surface area contributed by atoms with E-state index in [1.165, 1.54) is 0 Å². The van der Waals surface area contributed by atoms with Crippen molar-refractivity contribution in [1.82, 2.24) is 15.5 Å². The Morgan fingerprint density at radius 2 is 1.95 bits per heavy atom. The van der Waals surface area contributed by atoms with Crippen LogP contribution in [0, 0.1) is 0 Å². The molecule has 5 heteroatoms. The van der Waals surface area contributed by atoms with Crippen molar-refractivity contribution in [2.24, 2.45) is 0 Å². The van der Waals surface area contributed by atoms with Crippen LogP contribution in [-0.2, 0) is 9.53 Å². The summed E-state index contributed by atoms with van der Waals surface area (Å²) >= 11 is 0. The zero-order chi connectivity index (χ0) is 13.9. The van der Waals surface area contributed by atoms with Crippen LogP contribution >= 0.6 is 0 Å². The summed E-state index contributed by atoms with van der Waals surface area (Å²) in [7, 11) is 0. The molecule has 0 aromatic heterocycles. The monoisotopic (exact) mass is 271 g/mol. The second-order valence-corrected chi connectivity index (χ2v) is 5.37. The molecule has 0 spiro atoms. The SMILES string of the molecule is CC(C)NCCCC(=O)NCCCN1CCOCC1. The van der Waals surface area contributed by atoms with E-state index in [9.17, 15) is 4.79 Å². The molecule has 2 N–H and O–H groups in total. The van der Waals surface area contributed by atoms with Crippen LogP contribution in [0.3, 0.4) is 0 Å². The van der Waals surface area contributed by atoms with Gasteiger partial charge in [0.2, 0.25) is 5.91 Å². The zero-order valence-electron chi connectivity index (χ0n) is 12.4. The van der Waals surface area contributed by atoms with E-state index in [-0.39, 0.29) is 5.91 Å². The number of carbonyl (C=O) groups excluding carboxylic acids is 1. The molecule has 19 heavy (non-hydrogen) atoms. The number of amides is 1. The molecule has 1 aliphatic rings. The van der Waals surface area contributed by atoms with E-state index in [0.29, 0.717) is 12.5 Å². The molecule has 0 radical (unpaired) electrons. The first kappa shape index (κ1) is 16.4. The minimum Gasteiger partial charge on any atom is -0.379 e. The van der Waals surface area contributed by atoms with E-state index < -0.39 is 0 Å². The van der Waals surface area contributed by atoms with Crippen LogP contribution in [0.25, 0.3) is 0 Å². The summed E-state index contributed by atoms with van der Waals surface area (Å²) in [5.74, 6) is 0.174. The highest BCUT2D eigenvalue weighted by Crippen LogP contribution is 1.97. The van der Waals surface area contributed by atoms with Gasteiger partial charge in [-0.3, -0.25) is 9.69 Å². The number of carbonyl (C=O) groups is 1. The molecule has 0 unspecified atom stereocenters. The van der Waals surface area contributed by atoms with Crippen molar-refractivity contribution in [2.75, 3.05) is 45.9 Å². The summed E-state index contributed by atoms with van der Waals surface area (Å²) in [5.41, 5.74) is 0. The number of hydrogen-bond donors (Lipinski definition) is 2. The molecule has 0 aromatic carbocycles. The van der Waals surface area contributed by atoms with Crippen molar-refractivity contribution in [3.63, 3.8) is 0 Å². The second kappa shape index (κ2) is 10.2. The lowest BCUT2D eigenvalue weighted by molar-refractivity contribution is -0.121. The van der Waals surface area contributed by atoms with Crippen molar-refractivity contribution in [3.8, 4) is 0 Å². The van der Waals surface area contributed by atoms with Gasteiger partial charge in [0.05, 0.1) is 13.2 Å². The Morgan fingerprint density at radius 3 is 2.63 bits per heavy atom. The molecule has 0 saturated carbocycles. The zero-order valence-corrected chi connectivity index (χ0v) is 12.4. The van der Waals surface area contributed by atoms with Gasteiger partial charge in [-0.05, 0) is 25.9 Å². The molecule has 1 aliphatic heterocycles. The van der Waals surface area contributed by atoms with Crippen molar-refractivity contribution in [1.29, 1.82) is 0 Å². The molecular formula is C14H29N3O2. The van der Waals surface area contributed by atoms with Crippen LogP contribution in [0.15, 0.2) is 0 Å². The molecule has 0 aromatic rings. The van der Waals surface area contributed by atoms with Gasteiger partial charge in [-0.1, -0.05) is 13.8 Å². The molecule has 1 saturated heterocycles. The average Bonchev–Trinajstić information content (AvgIpc) is 2.41. The van der Waals surface area contributed by atoms with E-state index in [4.69, 9.17) is 4.74 Å². The van der Waals surface area contributed by atoms with Gasteiger partial charge in [0.1, 0.15) is 0 Å². The average molecular weight is 271 g/mol. The van der Waals surface area contributed by atoms with Gasteiger partial charge in [-0.15, -0.1) is 0 Å². The van der Waals surface area contributed by atoms with Gasteiger partial charge in [-0.2, -0.15) is 0 Å². The number of nitrogens with one attached hydrogen (secondary N) is 2. The van der Waals surface area contributed by atoms with Gasteiger partial charge in [0.25, 0.3) is 0 Å². The summed E-state index contributed by atoms with van der Waals surface area (Å²) in [4.78, 5) is 14.0. The lowest BCUT2D eigenvalue weighted by atomic mass is 10.2. The first-order valence-electron chi connectivity index (χ1n) is 7.48. The molecule has 0 atom stereocenters. The van der Waals surface area contributed by atoms with Crippen LogP contribution in [0.4, 0.5) is 0 Å². The third-order valence-electron chi connectivity index (χ3n) is 3.21. The predicted octanol–water partition coefficient (Wildman–Crippen LogP) is 0.603. The standard InChI is InChI=1S/C14H29N3O2/c1-13(2)15-6-3-5-14(18)16-7-4-8-17-9-11-19-12-10-17/h13,15H,3-12H2,1-2H3,(H,16,18). The fourth-order valence-corrected chi connectivity index (χ4v) is 2.08. The molecule has 1 amide bonds. The van der Waals surface area contributed by atoms with Crippen molar-refractivity contribution in [3.05, 3.63) is 0 Å². The first-order valence-corrected chi connectivity index (χ1v) is 7.48. The summed E-state index contributed by atoms with van der Waals surface area (Å²) in [5, 5.41) is 6.30. The highest BCUT2D eigenvalue weighted by molar-refractivity contribution is 5.75. The fraction of sp³-hybridized carbons (Fsp3) is 0.929. The Morgan fingerprint density at radius 1 is 1.21 bits per heavy atom. The molecular weight excluding hydrogens is 242 g/mol. The van der Waals surface area contributed by atoms with Crippen molar-refractivity contribution in [2.45, 2.75) is 39.2 Å². The van der Waals surface area contributed by atoms with E-state index >= 15 is 0 Å². The Bertz CT molecular complexity index is 241. The van der Waals surface area contributed by atoms with Crippen LogP contribution in [0.5, 0.6) is 0 Å². The number of ether oxygens (including phenoxy) is 1. The number of hydrogen-bond acceptors (Lipinski definition) is 4. The summed E-state index contributed by atoms with van der Waals surface area (Å²) in [6.45, 7) is 10.7. The van der Waals surface area contributed by atoms with E-state index in [0.717, 1.165) is 58.8 Å². The van der Waals surface area contributed by atoms with E-state index in [2.05, 4.69) is 29.4 Å². The topological polar surface area (TPSA) is 53.6 Å². The molecule has 1 fully saturated rings. The van der Waals surface area contributed by atoms with Gasteiger partial charge in [0.15, 0.2) is 0 Å². The molecule has 112 valence electrons. The summed E-state index contributed by atoms with van der Waals surface area (Å²) in [6.07, 6.45) is 2.56. The van der Waals surface area contributed by atoms with Gasteiger partial charge in [0, 0.05) is 32.1 Å². The van der Waals surface area contributed by atoms with Gasteiger partial charge in [-0.25, -0.2) is 0 Å². The number of morpholine rings is 1. The van der Waals surface area contributed by atoms with Crippen LogP contribution in [0.2, 0.25) is 0 Å². The fourth-order valence-electron chi connectivity index (χ4n) is 2.08. The van der Waals surface area contributed by atoms with Gasteiger partial charge < -0.3 is 15.4 Å². The third-order valence-corrected chi connectivity index (χ3v) is 3.21. The maximum atomic E-state index is 11.6. The largest absolute Gasteiger partial charge is 0.379 e. The van der Waals surface area contributed by atoms with E-state index in [1.54, 1.807) is 0 Å². The van der Waals surface area contributed by atoms with Crippen LogP contribution in [-0.4, -0.2) is 62.8 Å². The minimum absolute atomic E-state index is 0.174. The van der Waals surface area contributed by atoms with Crippen LogP contribution < -0.4 is 10.6 Å². The molecule has 0 bridgehead atoms. The van der Waals surface area contributed by atoms with Gasteiger partial charge >= 0.3 is 0 Å². The number of rotatable bonds is 9. The summed E-state index contributed by atoms with van der Waals surface area (Å²) in [6, 6.07) is 0.497. The normalized spacial score (nSPS) is 16.8. The lowest BCUT2D eigenvalue weighted by Crippen LogP contribution is -2.38. The molecule has 1 rings (SSSR count). The van der Waals surface area contributed by atoms with Crippen molar-refractivity contribution >= 4 is 5.91 Å². The predicted molar refractivity (Wildman–Crippen MR) is 77.3 cm³/mol. The Kier molecular flexibility index (Phi) is 8.79. The maximum Gasteiger partial charge on any atom is 0.220 e. The smallest absolute Gasteiger partial charge is 0.220 e. The van der Waals surface area contributed by atoms with Crippen LogP contribution in [0.1, 0.15) is 33.1 Å². The first-order chi connectivity index (χ1) is 9.18.